The number of anilines is 3. The number of nitrogens with zero attached hydrogens (tertiary/aromatic N) is 2. The largest absolute Gasteiger partial charge is 0.324 e. The normalized spacial score (nSPS) is 16.9. The molecule has 1 heterocycles. The van der Waals surface area contributed by atoms with Gasteiger partial charge in [-0.05, 0) is 45.2 Å². The number of amides is 3. The van der Waals surface area contributed by atoms with Crippen LogP contribution in [0.25, 0.3) is 0 Å². The molecule has 0 unspecified atom stereocenters. The van der Waals surface area contributed by atoms with E-state index in [0.717, 1.165) is 0 Å². The molecule has 164 valence electrons. The third kappa shape index (κ3) is 5.18. The molecule has 0 aliphatic carbocycles. The molecule has 2 aromatic carbocycles. The van der Waals surface area contributed by atoms with Crippen LogP contribution in [0.1, 0.15) is 20.3 Å². The van der Waals surface area contributed by atoms with Crippen molar-refractivity contribution in [1.29, 1.82) is 0 Å². The zero-order valence-electron chi connectivity index (χ0n) is 17.5. The highest BCUT2D eigenvalue weighted by Crippen LogP contribution is 2.32. The van der Waals surface area contributed by atoms with Gasteiger partial charge in [-0.2, -0.15) is 0 Å². The minimum absolute atomic E-state index is 0.00920. The highest BCUT2D eigenvalue weighted by Gasteiger charge is 2.31. The van der Waals surface area contributed by atoms with Gasteiger partial charge in [0.15, 0.2) is 0 Å². The van der Waals surface area contributed by atoms with Crippen molar-refractivity contribution in [2.24, 2.45) is 0 Å². The van der Waals surface area contributed by atoms with Gasteiger partial charge in [-0.1, -0.05) is 41.4 Å². The van der Waals surface area contributed by atoms with Crippen LogP contribution in [0, 0.1) is 0 Å². The van der Waals surface area contributed by atoms with Gasteiger partial charge in [0.1, 0.15) is 0 Å². The Morgan fingerprint density at radius 1 is 1.23 bits per heavy atom. The number of fused-ring (bicyclic) bond motifs is 1. The van der Waals surface area contributed by atoms with Crippen LogP contribution in [0.3, 0.4) is 0 Å². The van der Waals surface area contributed by atoms with Gasteiger partial charge in [-0.25, -0.2) is 0 Å². The summed E-state index contributed by atoms with van der Waals surface area (Å²) in [5.74, 6) is -0.672. The Labute approximate surface area is 191 Å². The summed E-state index contributed by atoms with van der Waals surface area (Å²) in [6.45, 7) is 3.52. The van der Waals surface area contributed by atoms with Gasteiger partial charge < -0.3 is 15.5 Å². The number of carbonyl (C=O) groups is 3. The van der Waals surface area contributed by atoms with E-state index in [-0.39, 0.29) is 41.8 Å². The number of nitrogens with one attached hydrogen (secondary N) is 2. The molecule has 2 atom stereocenters. The molecule has 0 aromatic heterocycles. The van der Waals surface area contributed by atoms with Crippen molar-refractivity contribution in [3.8, 4) is 0 Å². The molecule has 3 rings (SSSR count). The van der Waals surface area contributed by atoms with Gasteiger partial charge in [-0.3, -0.25) is 19.3 Å². The predicted molar refractivity (Wildman–Crippen MR) is 124 cm³/mol. The lowest BCUT2D eigenvalue weighted by Crippen LogP contribution is -2.48. The fourth-order valence-corrected chi connectivity index (χ4v) is 3.78. The van der Waals surface area contributed by atoms with E-state index in [1.165, 1.54) is 0 Å². The van der Waals surface area contributed by atoms with Gasteiger partial charge in [0, 0.05) is 12.5 Å². The number of hydrogen-bond donors (Lipinski definition) is 2. The van der Waals surface area contributed by atoms with E-state index in [0.29, 0.717) is 22.1 Å². The fourth-order valence-electron chi connectivity index (χ4n) is 3.43. The Bertz CT molecular complexity index is 1010. The van der Waals surface area contributed by atoms with Gasteiger partial charge in [0.2, 0.25) is 17.7 Å². The predicted octanol–water partition coefficient (Wildman–Crippen LogP) is 4.02. The first-order chi connectivity index (χ1) is 14.7. The molecule has 31 heavy (non-hydrogen) atoms. The maximum absolute atomic E-state index is 13.2. The molecule has 3 amide bonds. The van der Waals surface area contributed by atoms with Crippen LogP contribution in [-0.4, -0.2) is 48.3 Å². The first-order valence-electron chi connectivity index (χ1n) is 9.85. The summed E-state index contributed by atoms with van der Waals surface area (Å²) in [4.78, 5) is 41.3. The van der Waals surface area contributed by atoms with Crippen molar-refractivity contribution in [2.45, 2.75) is 32.4 Å². The average molecular weight is 463 g/mol. The molecule has 2 N–H and O–H groups in total. The van der Waals surface area contributed by atoms with Crippen molar-refractivity contribution in [1.82, 2.24) is 4.90 Å². The first-order valence-corrected chi connectivity index (χ1v) is 10.6. The van der Waals surface area contributed by atoms with Crippen LogP contribution in [0.4, 0.5) is 17.1 Å². The molecule has 0 radical (unpaired) electrons. The number of halogens is 2. The molecule has 1 aliphatic rings. The first kappa shape index (κ1) is 23.1. The van der Waals surface area contributed by atoms with Crippen LogP contribution in [0.2, 0.25) is 10.0 Å². The molecular weight excluding hydrogens is 439 g/mol. The average Bonchev–Trinajstić information content (AvgIpc) is 2.84. The molecule has 0 fully saturated rings. The molecule has 0 saturated carbocycles. The molecular formula is C22H24Cl2N4O3. The third-order valence-corrected chi connectivity index (χ3v) is 6.08. The monoisotopic (exact) mass is 462 g/mol. The van der Waals surface area contributed by atoms with Crippen molar-refractivity contribution in [3.05, 3.63) is 52.5 Å². The van der Waals surface area contributed by atoms with Crippen LogP contribution in [-0.2, 0) is 14.4 Å². The molecule has 7 nitrogen and oxygen atoms in total. The summed E-state index contributed by atoms with van der Waals surface area (Å²) in [7, 11) is 1.69. The smallest absolute Gasteiger partial charge is 0.241 e. The van der Waals surface area contributed by atoms with Crippen LogP contribution in [0.15, 0.2) is 42.5 Å². The Morgan fingerprint density at radius 3 is 2.68 bits per heavy atom. The topological polar surface area (TPSA) is 81.8 Å². The quantitative estimate of drug-likeness (QED) is 0.702. The number of carbonyl (C=O) groups excluding carboxylic acids is 3. The van der Waals surface area contributed by atoms with E-state index in [2.05, 4.69) is 10.6 Å². The SMILES string of the molecule is C[C@@H]1CC(=O)Nc2ccccc2N1C(=O)CN(C)[C@@H](C)C(=O)Nc1cccc(Cl)c1Cl. The van der Waals surface area contributed by atoms with Crippen LogP contribution >= 0.6 is 23.2 Å². The van der Waals surface area contributed by atoms with Crippen molar-refractivity contribution in [2.75, 3.05) is 29.1 Å². The number of para-hydroxylation sites is 2. The standard InChI is InChI=1S/C22H24Cl2N4O3/c1-13-11-19(29)25-16-8-4-5-10-18(16)28(13)20(30)12-27(3)14(2)22(31)26-17-9-6-7-15(23)21(17)24/h4-10,13-14H,11-12H2,1-3H3,(H,25,29)(H,26,31)/t13-,14+/m1/s1. The zero-order chi connectivity index (χ0) is 22.7. The number of rotatable bonds is 5. The van der Waals surface area contributed by atoms with E-state index in [4.69, 9.17) is 23.2 Å². The second-order valence-electron chi connectivity index (χ2n) is 7.56. The summed E-state index contributed by atoms with van der Waals surface area (Å²) < 4.78 is 0. The van der Waals surface area contributed by atoms with Crippen molar-refractivity contribution < 1.29 is 14.4 Å². The molecule has 2 aromatic rings. The summed E-state index contributed by atoms with van der Waals surface area (Å²) in [5, 5.41) is 6.18. The second-order valence-corrected chi connectivity index (χ2v) is 8.35. The number of benzene rings is 2. The van der Waals surface area contributed by atoms with E-state index in [1.807, 2.05) is 13.0 Å². The van der Waals surface area contributed by atoms with E-state index >= 15 is 0 Å². The highest BCUT2D eigenvalue weighted by molar-refractivity contribution is 6.44. The van der Waals surface area contributed by atoms with Crippen LogP contribution in [0.5, 0.6) is 0 Å². The van der Waals surface area contributed by atoms with Gasteiger partial charge >= 0.3 is 0 Å². The van der Waals surface area contributed by atoms with E-state index in [1.54, 1.807) is 60.2 Å². The van der Waals surface area contributed by atoms with Crippen LogP contribution < -0.4 is 15.5 Å². The Kier molecular flexibility index (Phi) is 7.20. The molecule has 0 saturated heterocycles. The molecule has 0 bridgehead atoms. The minimum atomic E-state index is -0.615. The van der Waals surface area contributed by atoms with E-state index in [9.17, 15) is 14.4 Å². The molecule has 1 aliphatic heterocycles. The Morgan fingerprint density at radius 2 is 1.94 bits per heavy atom. The Hall–Kier alpha value is -2.61. The van der Waals surface area contributed by atoms with E-state index < -0.39 is 6.04 Å². The minimum Gasteiger partial charge on any atom is -0.324 e. The highest BCUT2D eigenvalue weighted by atomic mass is 35.5. The van der Waals surface area contributed by atoms with Gasteiger partial charge in [0.05, 0.1) is 39.7 Å². The molecule has 9 heteroatoms. The van der Waals surface area contributed by atoms with Crippen molar-refractivity contribution >= 4 is 58.0 Å². The maximum atomic E-state index is 13.2. The Balaban J connectivity index is 1.72. The third-order valence-electron chi connectivity index (χ3n) is 5.26. The lowest BCUT2D eigenvalue weighted by atomic mass is 10.1. The number of hydrogen-bond acceptors (Lipinski definition) is 4. The fraction of sp³-hybridized carbons (Fsp3) is 0.318. The number of likely N-dealkylation sites (N-methyl/N-ethyl adjacent to an activating group) is 1. The lowest BCUT2D eigenvalue weighted by molar-refractivity contribution is -0.123. The molecule has 0 spiro atoms. The summed E-state index contributed by atoms with van der Waals surface area (Å²) in [6, 6.07) is 11.2. The summed E-state index contributed by atoms with van der Waals surface area (Å²) in [6.07, 6.45) is 0.188. The maximum Gasteiger partial charge on any atom is 0.241 e. The van der Waals surface area contributed by atoms with Crippen molar-refractivity contribution in [3.63, 3.8) is 0 Å². The second kappa shape index (κ2) is 9.68. The van der Waals surface area contributed by atoms with Gasteiger partial charge in [0.25, 0.3) is 0 Å². The summed E-state index contributed by atoms with van der Waals surface area (Å²) in [5.41, 5.74) is 1.64. The lowest BCUT2D eigenvalue weighted by Gasteiger charge is -2.31. The van der Waals surface area contributed by atoms with Gasteiger partial charge in [-0.15, -0.1) is 0 Å². The zero-order valence-corrected chi connectivity index (χ0v) is 19.0. The summed E-state index contributed by atoms with van der Waals surface area (Å²) >= 11 is 12.1.